The lowest BCUT2D eigenvalue weighted by Gasteiger charge is -2.11. The van der Waals surface area contributed by atoms with Crippen LogP contribution >= 0.6 is 0 Å². The highest BCUT2D eigenvalue weighted by Gasteiger charge is 2.22. The standard InChI is InChI=1S/C19H24N2O6S/c1-6-21-12(2)9-15(13(21)3)16(22)11-27-19(23)14-7-8-17(26-5)18(10-14)28(24,25)20-4/h7-10,20H,6,11H2,1-5H3. The van der Waals surface area contributed by atoms with Crippen molar-refractivity contribution >= 4 is 21.8 Å². The fourth-order valence-corrected chi connectivity index (χ4v) is 3.90. The molecule has 0 bridgehead atoms. The number of sulfonamides is 1. The molecule has 0 aliphatic heterocycles. The first-order valence-corrected chi connectivity index (χ1v) is 10.1. The van der Waals surface area contributed by atoms with Crippen molar-refractivity contribution in [1.29, 1.82) is 0 Å². The SMILES string of the molecule is CCn1c(C)cc(C(=O)COC(=O)c2ccc(OC)c(S(=O)(=O)NC)c2)c1C. The summed E-state index contributed by atoms with van der Waals surface area (Å²) in [7, 11) is -1.25. The monoisotopic (exact) mass is 408 g/mol. The first-order valence-electron chi connectivity index (χ1n) is 8.64. The topological polar surface area (TPSA) is 104 Å². The van der Waals surface area contributed by atoms with Gasteiger partial charge in [-0.05, 0) is 52.1 Å². The van der Waals surface area contributed by atoms with Crippen LogP contribution in [0.2, 0.25) is 0 Å². The number of rotatable bonds is 8. The van der Waals surface area contributed by atoms with Crippen LogP contribution in [0.25, 0.3) is 0 Å². The fraction of sp³-hybridized carbons (Fsp3) is 0.368. The number of aromatic nitrogens is 1. The first kappa shape index (κ1) is 21.6. The number of hydrogen-bond acceptors (Lipinski definition) is 6. The largest absolute Gasteiger partial charge is 0.495 e. The summed E-state index contributed by atoms with van der Waals surface area (Å²) in [4.78, 5) is 24.6. The molecule has 2 aromatic rings. The maximum absolute atomic E-state index is 12.4. The maximum atomic E-state index is 12.4. The second-order valence-electron chi connectivity index (χ2n) is 6.10. The van der Waals surface area contributed by atoms with E-state index in [1.165, 1.54) is 26.3 Å². The van der Waals surface area contributed by atoms with E-state index in [2.05, 4.69) is 4.72 Å². The van der Waals surface area contributed by atoms with Gasteiger partial charge in [-0.25, -0.2) is 17.9 Å². The molecule has 0 amide bonds. The van der Waals surface area contributed by atoms with Crippen LogP contribution in [0.4, 0.5) is 0 Å². The number of nitrogens with zero attached hydrogens (tertiary/aromatic N) is 1. The molecule has 1 N–H and O–H groups in total. The van der Waals surface area contributed by atoms with E-state index >= 15 is 0 Å². The molecule has 0 fully saturated rings. The van der Waals surface area contributed by atoms with Crippen molar-refractivity contribution in [3.05, 3.63) is 46.8 Å². The maximum Gasteiger partial charge on any atom is 0.338 e. The van der Waals surface area contributed by atoms with Crippen LogP contribution in [0, 0.1) is 13.8 Å². The number of carbonyl (C=O) groups is 2. The predicted octanol–water partition coefficient (Wildman–Crippen LogP) is 2.08. The normalized spacial score (nSPS) is 11.3. The van der Waals surface area contributed by atoms with Gasteiger partial charge in [0.05, 0.1) is 12.7 Å². The third-order valence-corrected chi connectivity index (χ3v) is 5.92. The average molecular weight is 408 g/mol. The zero-order valence-corrected chi connectivity index (χ0v) is 17.3. The van der Waals surface area contributed by atoms with Crippen LogP contribution in [-0.2, 0) is 21.3 Å². The Labute approximate surface area is 164 Å². The number of Topliss-reactive ketones (excluding diaryl/α,β-unsaturated/α-hetero) is 1. The molecule has 0 saturated heterocycles. The van der Waals surface area contributed by atoms with Crippen molar-refractivity contribution < 1.29 is 27.5 Å². The summed E-state index contributed by atoms with van der Waals surface area (Å²) >= 11 is 0. The van der Waals surface area contributed by atoms with Crippen LogP contribution in [0.1, 0.15) is 39.0 Å². The van der Waals surface area contributed by atoms with Crippen molar-refractivity contribution in [3.63, 3.8) is 0 Å². The molecule has 28 heavy (non-hydrogen) atoms. The Hall–Kier alpha value is -2.65. The highest BCUT2D eigenvalue weighted by Crippen LogP contribution is 2.25. The van der Waals surface area contributed by atoms with E-state index in [0.29, 0.717) is 5.56 Å². The van der Waals surface area contributed by atoms with Gasteiger partial charge in [0.15, 0.2) is 6.61 Å². The number of ether oxygens (including phenoxy) is 2. The zero-order valence-electron chi connectivity index (χ0n) is 16.5. The van der Waals surface area contributed by atoms with E-state index < -0.39 is 22.6 Å². The number of aryl methyl sites for hydroxylation is 1. The van der Waals surface area contributed by atoms with Crippen molar-refractivity contribution in [2.24, 2.45) is 0 Å². The number of hydrogen-bond donors (Lipinski definition) is 1. The number of esters is 1. The molecular weight excluding hydrogens is 384 g/mol. The van der Waals surface area contributed by atoms with Gasteiger partial charge in [-0.2, -0.15) is 0 Å². The average Bonchev–Trinajstić information content (AvgIpc) is 2.98. The van der Waals surface area contributed by atoms with Gasteiger partial charge in [-0.3, -0.25) is 4.79 Å². The second-order valence-corrected chi connectivity index (χ2v) is 7.96. The van der Waals surface area contributed by atoms with Crippen molar-refractivity contribution in [2.75, 3.05) is 20.8 Å². The fourth-order valence-electron chi connectivity index (χ4n) is 2.99. The second kappa shape index (κ2) is 8.57. The lowest BCUT2D eigenvalue weighted by molar-refractivity contribution is 0.0474. The Morgan fingerprint density at radius 2 is 1.86 bits per heavy atom. The van der Waals surface area contributed by atoms with Crippen LogP contribution < -0.4 is 9.46 Å². The minimum atomic E-state index is -3.83. The van der Waals surface area contributed by atoms with Crippen LogP contribution in [0.3, 0.4) is 0 Å². The molecule has 1 aromatic carbocycles. The minimum Gasteiger partial charge on any atom is -0.495 e. The quantitative estimate of drug-likeness (QED) is 0.530. The van der Waals surface area contributed by atoms with Crippen LogP contribution in [-0.4, -0.2) is 45.5 Å². The molecule has 0 radical (unpaired) electrons. The molecule has 0 saturated carbocycles. The van der Waals surface area contributed by atoms with E-state index in [0.717, 1.165) is 24.0 Å². The summed E-state index contributed by atoms with van der Waals surface area (Å²) in [6, 6.07) is 5.65. The molecule has 2 rings (SSSR count). The van der Waals surface area contributed by atoms with E-state index in [4.69, 9.17) is 9.47 Å². The summed E-state index contributed by atoms with van der Waals surface area (Å²) in [5, 5.41) is 0. The van der Waals surface area contributed by atoms with Crippen LogP contribution in [0.15, 0.2) is 29.2 Å². The number of benzene rings is 1. The smallest absolute Gasteiger partial charge is 0.338 e. The summed E-state index contributed by atoms with van der Waals surface area (Å²) in [5.74, 6) is -1.03. The Morgan fingerprint density at radius 3 is 2.39 bits per heavy atom. The molecule has 0 atom stereocenters. The first-order chi connectivity index (χ1) is 13.2. The Bertz CT molecular complexity index is 1010. The van der Waals surface area contributed by atoms with Gasteiger partial charge in [-0.1, -0.05) is 0 Å². The number of carbonyl (C=O) groups excluding carboxylic acids is 2. The number of methoxy groups -OCH3 is 1. The molecule has 9 heteroatoms. The molecule has 8 nitrogen and oxygen atoms in total. The lowest BCUT2D eigenvalue weighted by atomic mass is 10.1. The summed E-state index contributed by atoms with van der Waals surface area (Å²) in [5.41, 5.74) is 2.27. The molecule has 0 aliphatic rings. The molecular formula is C19H24N2O6S. The van der Waals surface area contributed by atoms with Crippen molar-refractivity contribution in [3.8, 4) is 5.75 Å². The van der Waals surface area contributed by atoms with Gasteiger partial charge >= 0.3 is 5.97 Å². The van der Waals surface area contributed by atoms with Crippen molar-refractivity contribution in [2.45, 2.75) is 32.2 Å². The molecule has 0 aliphatic carbocycles. The Morgan fingerprint density at radius 1 is 1.18 bits per heavy atom. The van der Waals surface area contributed by atoms with Gasteiger partial charge in [0.25, 0.3) is 0 Å². The molecule has 0 unspecified atom stereocenters. The third kappa shape index (κ3) is 4.26. The number of nitrogens with one attached hydrogen (secondary N) is 1. The van der Waals surface area contributed by atoms with Gasteiger partial charge in [-0.15, -0.1) is 0 Å². The molecule has 1 aromatic heterocycles. The van der Waals surface area contributed by atoms with E-state index in [1.54, 1.807) is 6.07 Å². The zero-order chi connectivity index (χ0) is 21.1. The van der Waals surface area contributed by atoms with E-state index in [9.17, 15) is 18.0 Å². The summed E-state index contributed by atoms with van der Waals surface area (Å²) < 4.78 is 38.5. The highest BCUT2D eigenvalue weighted by atomic mass is 32.2. The minimum absolute atomic E-state index is 0.00135. The van der Waals surface area contributed by atoms with Gasteiger partial charge in [0.2, 0.25) is 15.8 Å². The summed E-state index contributed by atoms with van der Waals surface area (Å²) in [6.45, 7) is 6.02. The van der Waals surface area contributed by atoms with E-state index in [1.807, 2.05) is 25.3 Å². The highest BCUT2D eigenvalue weighted by molar-refractivity contribution is 7.89. The van der Waals surface area contributed by atoms with E-state index in [-0.39, 0.29) is 22.0 Å². The van der Waals surface area contributed by atoms with Gasteiger partial charge in [0.1, 0.15) is 10.6 Å². The van der Waals surface area contributed by atoms with Crippen molar-refractivity contribution in [1.82, 2.24) is 9.29 Å². The molecule has 0 spiro atoms. The molecule has 1 heterocycles. The Balaban J connectivity index is 2.20. The van der Waals surface area contributed by atoms with Crippen LogP contribution in [0.5, 0.6) is 5.75 Å². The van der Waals surface area contributed by atoms with Gasteiger partial charge < -0.3 is 14.0 Å². The third-order valence-electron chi connectivity index (χ3n) is 4.48. The Kier molecular flexibility index (Phi) is 6.63. The molecule has 152 valence electrons. The predicted molar refractivity (Wildman–Crippen MR) is 103 cm³/mol. The van der Waals surface area contributed by atoms with Gasteiger partial charge in [0, 0.05) is 23.5 Å². The number of ketones is 1. The summed E-state index contributed by atoms with van der Waals surface area (Å²) in [6.07, 6.45) is 0. The lowest BCUT2D eigenvalue weighted by Crippen LogP contribution is -2.20.